The first-order chi connectivity index (χ1) is 10.1. The SMILES string of the molecule is Cc1cc(NCC2(N(C)C)CCCCC2)n2ncnc2n1. The molecule has 6 heteroatoms. The van der Waals surface area contributed by atoms with Crippen molar-refractivity contribution in [3.8, 4) is 0 Å². The van der Waals surface area contributed by atoms with Gasteiger partial charge in [-0.15, -0.1) is 0 Å². The van der Waals surface area contributed by atoms with Gasteiger partial charge in [0.25, 0.3) is 5.78 Å². The quantitative estimate of drug-likeness (QED) is 0.933. The van der Waals surface area contributed by atoms with Crippen LogP contribution in [-0.4, -0.2) is 50.7 Å². The summed E-state index contributed by atoms with van der Waals surface area (Å²) in [5.74, 6) is 1.63. The molecule has 1 aliphatic rings. The van der Waals surface area contributed by atoms with Crippen LogP contribution in [0.4, 0.5) is 5.82 Å². The molecule has 0 aliphatic heterocycles. The molecule has 2 aromatic rings. The third kappa shape index (κ3) is 2.72. The number of aromatic nitrogens is 4. The smallest absolute Gasteiger partial charge is 0.254 e. The highest BCUT2D eigenvalue weighted by Crippen LogP contribution is 2.32. The van der Waals surface area contributed by atoms with Crippen LogP contribution in [0, 0.1) is 6.92 Å². The molecule has 1 aliphatic carbocycles. The number of hydrogen-bond donors (Lipinski definition) is 1. The second-order valence-corrected chi connectivity index (χ2v) is 6.29. The van der Waals surface area contributed by atoms with Crippen LogP contribution in [0.5, 0.6) is 0 Å². The first-order valence-electron chi connectivity index (χ1n) is 7.69. The van der Waals surface area contributed by atoms with Gasteiger partial charge in [-0.05, 0) is 33.9 Å². The van der Waals surface area contributed by atoms with Gasteiger partial charge < -0.3 is 10.2 Å². The van der Waals surface area contributed by atoms with Gasteiger partial charge in [-0.1, -0.05) is 19.3 Å². The Kier molecular flexibility index (Phi) is 3.80. The fraction of sp³-hybridized carbons (Fsp3) is 0.667. The number of anilines is 1. The summed E-state index contributed by atoms with van der Waals surface area (Å²) in [6, 6.07) is 2.04. The third-order valence-electron chi connectivity index (χ3n) is 4.71. The summed E-state index contributed by atoms with van der Waals surface area (Å²) < 4.78 is 1.78. The van der Waals surface area contributed by atoms with E-state index in [0.29, 0.717) is 5.78 Å². The van der Waals surface area contributed by atoms with Crippen molar-refractivity contribution in [1.29, 1.82) is 0 Å². The van der Waals surface area contributed by atoms with E-state index < -0.39 is 0 Å². The molecule has 1 N–H and O–H groups in total. The highest BCUT2D eigenvalue weighted by molar-refractivity contribution is 5.45. The molecule has 114 valence electrons. The van der Waals surface area contributed by atoms with E-state index in [1.807, 2.05) is 13.0 Å². The Morgan fingerprint density at radius 3 is 2.76 bits per heavy atom. The standard InChI is InChI=1S/C15H24N6/c1-12-9-13(21-14(19-12)17-11-18-21)16-10-15(20(2)3)7-5-4-6-8-15/h9,11,16H,4-8,10H2,1-3H3. The molecular formula is C15H24N6. The van der Waals surface area contributed by atoms with Crippen molar-refractivity contribution in [2.24, 2.45) is 0 Å². The van der Waals surface area contributed by atoms with Gasteiger partial charge in [-0.3, -0.25) is 0 Å². The van der Waals surface area contributed by atoms with Gasteiger partial charge in [-0.25, -0.2) is 4.98 Å². The number of fused-ring (bicyclic) bond motifs is 1. The Bertz CT molecular complexity index is 612. The van der Waals surface area contributed by atoms with Crippen LogP contribution in [-0.2, 0) is 0 Å². The Labute approximate surface area is 125 Å². The zero-order valence-electron chi connectivity index (χ0n) is 13.1. The van der Waals surface area contributed by atoms with Crippen LogP contribution in [0.25, 0.3) is 5.78 Å². The molecule has 1 fully saturated rings. The highest BCUT2D eigenvalue weighted by atomic mass is 15.4. The maximum Gasteiger partial charge on any atom is 0.254 e. The maximum absolute atomic E-state index is 4.38. The van der Waals surface area contributed by atoms with Gasteiger partial charge in [0.2, 0.25) is 0 Å². The second-order valence-electron chi connectivity index (χ2n) is 6.29. The van der Waals surface area contributed by atoms with Gasteiger partial charge in [0.1, 0.15) is 12.1 Å². The summed E-state index contributed by atoms with van der Waals surface area (Å²) in [7, 11) is 4.38. The van der Waals surface area contributed by atoms with E-state index in [1.54, 1.807) is 10.8 Å². The van der Waals surface area contributed by atoms with Crippen LogP contribution >= 0.6 is 0 Å². The van der Waals surface area contributed by atoms with E-state index in [2.05, 4.69) is 39.4 Å². The molecule has 3 rings (SSSR count). The van der Waals surface area contributed by atoms with Crippen molar-refractivity contribution in [3.05, 3.63) is 18.1 Å². The van der Waals surface area contributed by atoms with E-state index >= 15 is 0 Å². The zero-order chi connectivity index (χ0) is 14.9. The summed E-state index contributed by atoms with van der Waals surface area (Å²) >= 11 is 0. The molecule has 2 heterocycles. The van der Waals surface area contributed by atoms with Crippen LogP contribution in [0.3, 0.4) is 0 Å². The van der Waals surface area contributed by atoms with Gasteiger partial charge in [0.05, 0.1) is 0 Å². The number of hydrogen-bond acceptors (Lipinski definition) is 5. The van der Waals surface area contributed by atoms with E-state index in [4.69, 9.17) is 0 Å². The summed E-state index contributed by atoms with van der Waals surface area (Å²) in [4.78, 5) is 10.9. The Morgan fingerprint density at radius 1 is 1.29 bits per heavy atom. The highest BCUT2D eigenvalue weighted by Gasteiger charge is 2.34. The number of nitrogens with zero attached hydrogens (tertiary/aromatic N) is 5. The van der Waals surface area contributed by atoms with Crippen LogP contribution in [0.15, 0.2) is 12.4 Å². The van der Waals surface area contributed by atoms with Crippen molar-refractivity contribution < 1.29 is 0 Å². The van der Waals surface area contributed by atoms with E-state index in [1.165, 1.54) is 32.1 Å². The third-order valence-corrected chi connectivity index (χ3v) is 4.71. The average Bonchev–Trinajstić information content (AvgIpc) is 2.93. The summed E-state index contributed by atoms with van der Waals surface area (Å²) in [6.45, 7) is 2.92. The maximum atomic E-state index is 4.38. The Morgan fingerprint density at radius 2 is 2.05 bits per heavy atom. The van der Waals surface area contributed by atoms with E-state index in [9.17, 15) is 0 Å². The number of aryl methyl sites for hydroxylation is 1. The zero-order valence-corrected chi connectivity index (χ0v) is 13.1. The Balaban J connectivity index is 1.83. The molecule has 2 aromatic heterocycles. The minimum Gasteiger partial charge on any atom is -0.368 e. The van der Waals surface area contributed by atoms with E-state index in [-0.39, 0.29) is 5.54 Å². The molecule has 0 saturated heterocycles. The lowest BCUT2D eigenvalue weighted by Gasteiger charge is -2.43. The first-order valence-corrected chi connectivity index (χ1v) is 7.69. The number of rotatable bonds is 4. The van der Waals surface area contributed by atoms with Gasteiger partial charge in [0.15, 0.2) is 0 Å². The molecule has 0 spiro atoms. The van der Waals surface area contributed by atoms with Crippen LogP contribution in [0.1, 0.15) is 37.8 Å². The number of likely N-dealkylation sites (N-methyl/N-ethyl adjacent to an activating group) is 1. The van der Waals surface area contributed by atoms with Gasteiger partial charge in [-0.2, -0.15) is 14.6 Å². The van der Waals surface area contributed by atoms with Crippen LogP contribution < -0.4 is 5.32 Å². The predicted octanol–water partition coefficient (Wildman–Crippen LogP) is 2.11. The van der Waals surface area contributed by atoms with Crippen molar-refractivity contribution in [2.45, 2.75) is 44.6 Å². The molecule has 0 aromatic carbocycles. The molecule has 0 bridgehead atoms. The van der Waals surface area contributed by atoms with Gasteiger partial charge in [0, 0.05) is 23.8 Å². The van der Waals surface area contributed by atoms with Crippen molar-refractivity contribution >= 4 is 11.6 Å². The molecule has 1 saturated carbocycles. The predicted molar refractivity (Wildman–Crippen MR) is 83.5 cm³/mol. The lowest BCUT2D eigenvalue weighted by molar-refractivity contribution is 0.113. The molecule has 21 heavy (non-hydrogen) atoms. The van der Waals surface area contributed by atoms with Crippen molar-refractivity contribution in [3.63, 3.8) is 0 Å². The molecule has 0 amide bonds. The van der Waals surface area contributed by atoms with Crippen molar-refractivity contribution in [2.75, 3.05) is 26.0 Å². The monoisotopic (exact) mass is 288 g/mol. The van der Waals surface area contributed by atoms with E-state index in [0.717, 1.165) is 18.1 Å². The summed E-state index contributed by atoms with van der Waals surface area (Å²) in [5, 5.41) is 7.84. The normalized spacial score (nSPS) is 18.3. The summed E-state index contributed by atoms with van der Waals surface area (Å²) in [5.41, 5.74) is 1.20. The molecular weight excluding hydrogens is 264 g/mol. The van der Waals surface area contributed by atoms with Crippen molar-refractivity contribution in [1.82, 2.24) is 24.5 Å². The molecule has 6 nitrogen and oxygen atoms in total. The Hall–Kier alpha value is -1.69. The first kappa shape index (κ1) is 14.3. The number of nitrogens with one attached hydrogen (secondary N) is 1. The topological polar surface area (TPSA) is 58.4 Å². The minimum absolute atomic E-state index is 0.238. The van der Waals surface area contributed by atoms with Gasteiger partial charge >= 0.3 is 0 Å². The largest absolute Gasteiger partial charge is 0.368 e. The van der Waals surface area contributed by atoms with Crippen LogP contribution in [0.2, 0.25) is 0 Å². The lowest BCUT2D eigenvalue weighted by Crippen LogP contribution is -2.51. The molecule has 0 unspecified atom stereocenters. The lowest BCUT2D eigenvalue weighted by atomic mass is 9.80. The molecule has 0 atom stereocenters. The second kappa shape index (κ2) is 5.60. The summed E-state index contributed by atoms with van der Waals surface area (Å²) in [6.07, 6.45) is 8.03. The fourth-order valence-corrected chi connectivity index (χ4v) is 3.30. The average molecular weight is 288 g/mol. The fourth-order valence-electron chi connectivity index (χ4n) is 3.30. The molecule has 0 radical (unpaired) electrons. The minimum atomic E-state index is 0.238.